The summed E-state index contributed by atoms with van der Waals surface area (Å²) in [6, 6.07) is 0. The van der Waals surface area contributed by atoms with Gasteiger partial charge in [-0.2, -0.15) is 0 Å². The predicted octanol–water partition coefficient (Wildman–Crippen LogP) is 4.24. The van der Waals surface area contributed by atoms with Crippen LogP contribution in [0.5, 0.6) is 0 Å². The number of aliphatic hydroxyl groups excluding tert-OH is 1. The Labute approximate surface area is 165 Å². The molecule has 2 saturated carbocycles. The van der Waals surface area contributed by atoms with Crippen molar-refractivity contribution in [2.24, 2.45) is 23.2 Å². The van der Waals surface area contributed by atoms with Gasteiger partial charge in [-0.1, -0.05) is 19.8 Å². The highest BCUT2D eigenvalue weighted by molar-refractivity contribution is 5.83. The molecule has 0 bridgehead atoms. The number of hydrogen-bond acceptors (Lipinski definition) is 4. The van der Waals surface area contributed by atoms with Crippen molar-refractivity contribution < 1.29 is 20.1 Å². The van der Waals surface area contributed by atoms with Gasteiger partial charge in [-0.25, -0.2) is 0 Å². The molecule has 0 aliphatic heterocycles. The molecule has 27 heavy (non-hydrogen) atoms. The van der Waals surface area contributed by atoms with E-state index in [1.54, 1.807) is 13.8 Å². The van der Waals surface area contributed by atoms with E-state index in [1.165, 1.54) is 0 Å². The molecule has 0 spiro atoms. The van der Waals surface area contributed by atoms with E-state index in [0.717, 1.165) is 57.8 Å². The van der Waals surface area contributed by atoms with Crippen LogP contribution in [0.2, 0.25) is 0 Å². The van der Waals surface area contributed by atoms with Crippen molar-refractivity contribution in [2.75, 3.05) is 0 Å². The van der Waals surface area contributed by atoms with Gasteiger partial charge in [0.15, 0.2) is 0 Å². The summed E-state index contributed by atoms with van der Waals surface area (Å²) in [4.78, 5) is 12.5. The molecule has 0 aromatic rings. The molecular formula is C23H42O4. The second kappa shape index (κ2) is 8.51. The van der Waals surface area contributed by atoms with Crippen LogP contribution in [0.4, 0.5) is 0 Å². The molecule has 2 aliphatic rings. The third-order valence-corrected chi connectivity index (χ3v) is 7.50. The molecule has 3 unspecified atom stereocenters. The largest absolute Gasteiger partial charge is 0.390 e. The van der Waals surface area contributed by atoms with E-state index < -0.39 is 17.3 Å². The Morgan fingerprint density at radius 2 is 1.78 bits per heavy atom. The molecule has 5 atom stereocenters. The Hall–Kier alpha value is -0.450. The number of aliphatic hydroxyl groups is 3. The van der Waals surface area contributed by atoms with Gasteiger partial charge in [0.2, 0.25) is 0 Å². The summed E-state index contributed by atoms with van der Waals surface area (Å²) in [5.74, 6) is 1.61. The monoisotopic (exact) mass is 382 g/mol. The zero-order valence-electron chi connectivity index (χ0n) is 18.1. The number of hydrogen-bond donors (Lipinski definition) is 3. The van der Waals surface area contributed by atoms with Crippen LogP contribution in [0.1, 0.15) is 98.8 Å². The van der Waals surface area contributed by atoms with Gasteiger partial charge in [0.1, 0.15) is 5.78 Å². The molecule has 2 rings (SSSR count). The van der Waals surface area contributed by atoms with Crippen molar-refractivity contribution in [1.29, 1.82) is 0 Å². The van der Waals surface area contributed by atoms with Crippen LogP contribution in [0.15, 0.2) is 0 Å². The molecule has 4 nitrogen and oxygen atoms in total. The SMILES string of the molecule is CC(C)(O)CCC[C@@H](CCC(O)C(C)(C)O)C1CCC2C(=O)CCC[C@@]21C. The van der Waals surface area contributed by atoms with Crippen LogP contribution in [0, 0.1) is 23.2 Å². The highest BCUT2D eigenvalue weighted by Gasteiger charge is 2.52. The van der Waals surface area contributed by atoms with Gasteiger partial charge < -0.3 is 15.3 Å². The average molecular weight is 383 g/mol. The van der Waals surface area contributed by atoms with E-state index in [4.69, 9.17) is 0 Å². The maximum Gasteiger partial charge on any atom is 0.136 e. The molecule has 0 heterocycles. The molecule has 158 valence electrons. The number of ketones is 1. The Kier molecular flexibility index (Phi) is 7.19. The van der Waals surface area contributed by atoms with Gasteiger partial charge >= 0.3 is 0 Å². The molecule has 0 saturated heterocycles. The number of carbonyl (C=O) groups is 1. The summed E-state index contributed by atoms with van der Waals surface area (Å²) in [6.45, 7) is 9.35. The lowest BCUT2D eigenvalue weighted by Gasteiger charge is -2.43. The standard InChI is InChI=1S/C23H42O4/c1-21(2,26)14-6-8-16(10-13-20(25)22(3,4)27)17-11-12-18-19(24)9-7-15-23(17,18)5/h16-18,20,25-27H,6-15H2,1-5H3/t16-,17?,18?,20?,23+/m0/s1. The van der Waals surface area contributed by atoms with Gasteiger partial charge in [-0.05, 0) is 89.9 Å². The van der Waals surface area contributed by atoms with Gasteiger partial charge in [0.25, 0.3) is 0 Å². The summed E-state index contributed by atoms with van der Waals surface area (Å²) in [7, 11) is 0. The van der Waals surface area contributed by atoms with E-state index in [-0.39, 0.29) is 11.3 Å². The average Bonchev–Trinajstić information content (AvgIpc) is 2.86. The van der Waals surface area contributed by atoms with Gasteiger partial charge in [0.05, 0.1) is 17.3 Å². The van der Waals surface area contributed by atoms with Crippen molar-refractivity contribution in [3.63, 3.8) is 0 Å². The van der Waals surface area contributed by atoms with E-state index >= 15 is 0 Å². The first-order chi connectivity index (χ1) is 12.3. The van der Waals surface area contributed by atoms with Crippen molar-refractivity contribution in [3.05, 3.63) is 0 Å². The highest BCUT2D eigenvalue weighted by atomic mass is 16.3. The predicted molar refractivity (Wildman–Crippen MR) is 108 cm³/mol. The zero-order chi connectivity index (χ0) is 20.5. The lowest BCUT2D eigenvalue weighted by atomic mass is 9.61. The fraction of sp³-hybridized carbons (Fsp3) is 0.957. The summed E-state index contributed by atoms with van der Waals surface area (Å²) < 4.78 is 0. The molecule has 0 amide bonds. The smallest absolute Gasteiger partial charge is 0.136 e. The lowest BCUT2D eigenvalue weighted by Crippen LogP contribution is -2.41. The molecule has 2 aliphatic carbocycles. The van der Waals surface area contributed by atoms with Gasteiger partial charge in [-0.15, -0.1) is 0 Å². The normalized spacial score (nSPS) is 31.6. The maximum absolute atomic E-state index is 12.5. The Balaban J connectivity index is 2.09. The van der Waals surface area contributed by atoms with E-state index in [0.29, 0.717) is 24.0 Å². The first-order valence-electron chi connectivity index (χ1n) is 11.0. The first-order valence-corrected chi connectivity index (χ1v) is 11.0. The Morgan fingerprint density at radius 1 is 1.11 bits per heavy atom. The van der Waals surface area contributed by atoms with Gasteiger partial charge in [0, 0.05) is 12.3 Å². The van der Waals surface area contributed by atoms with E-state index in [1.807, 2.05) is 13.8 Å². The lowest BCUT2D eigenvalue weighted by molar-refractivity contribution is -0.130. The number of fused-ring (bicyclic) bond motifs is 1. The molecule has 3 N–H and O–H groups in total. The van der Waals surface area contributed by atoms with Crippen molar-refractivity contribution >= 4 is 5.78 Å². The van der Waals surface area contributed by atoms with Crippen molar-refractivity contribution in [1.82, 2.24) is 0 Å². The topological polar surface area (TPSA) is 77.8 Å². The molecule has 2 fully saturated rings. The van der Waals surface area contributed by atoms with Crippen molar-refractivity contribution in [3.8, 4) is 0 Å². The molecule has 0 aromatic heterocycles. The summed E-state index contributed by atoms with van der Waals surface area (Å²) >= 11 is 0. The van der Waals surface area contributed by atoms with Crippen LogP contribution < -0.4 is 0 Å². The third-order valence-electron chi connectivity index (χ3n) is 7.50. The fourth-order valence-corrected chi connectivity index (χ4v) is 5.81. The van der Waals surface area contributed by atoms with Crippen LogP contribution in [0.3, 0.4) is 0 Å². The summed E-state index contributed by atoms with van der Waals surface area (Å²) in [5, 5.41) is 30.5. The van der Waals surface area contributed by atoms with Crippen LogP contribution in [-0.4, -0.2) is 38.4 Å². The minimum Gasteiger partial charge on any atom is -0.390 e. The van der Waals surface area contributed by atoms with E-state index in [2.05, 4.69) is 6.92 Å². The summed E-state index contributed by atoms with van der Waals surface area (Å²) in [5.41, 5.74) is -1.64. The number of rotatable bonds is 9. The minimum atomic E-state index is -1.08. The minimum absolute atomic E-state index is 0.0917. The first kappa shape index (κ1) is 22.8. The summed E-state index contributed by atoms with van der Waals surface area (Å²) in [6.07, 6.45) is 8.45. The van der Waals surface area contributed by atoms with Gasteiger partial charge in [-0.3, -0.25) is 4.79 Å². The molecular weight excluding hydrogens is 340 g/mol. The quantitative estimate of drug-likeness (QED) is 0.557. The maximum atomic E-state index is 12.5. The zero-order valence-corrected chi connectivity index (χ0v) is 18.1. The van der Waals surface area contributed by atoms with Crippen LogP contribution >= 0.6 is 0 Å². The second-order valence-electron chi connectivity index (χ2n) is 10.8. The van der Waals surface area contributed by atoms with Crippen LogP contribution in [-0.2, 0) is 4.79 Å². The molecule has 4 heteroatoms. The third kappa shape index (κ3) is 5.77. The number of Topliss-reactive ketones (excluding diaryl/α,β-unsaturated/α-hetero) is 1. The van der Waals surface area contributed by atoms with E-state index in [9.17, 15) is 20.1 Å². The Morgan fingerprint density at radius 3 is 2.37 bits per heavy atom. The molecule has 0 radical (unpaired) electrons. The number of carbonyl (C=O) groups excluding carboxylic acids is 1. The van der Waals surface area contributed by atoms with Crippen LogP contribution in [0.25, 0.3) is 0 Å². The second-order valence-corrected chi connectivity index (χ2v) is 10.8. The Bertz CT molecular complexity index is 501. The molecule has 0 aromatic carbocycles. The highest BCUT2D eigenvalue weighted by Crippen LogP contribution is 2.58. The fourth-order valence-electron chi connectivity index (χ4n) is 5.81. The van der Waals surface area contributed by atoms with Crippen molar-refractivity contribution in [2.45, 2.75) is 116 Å².